The highest BCUT2D eigenvalue weighted by molar-refractivity contribution is 5.31. The first kappa shape index (κ1) is 15.7. The van der Waals surface area contributed by atoms with Crippen LogP contribution in [-0.2, 0) is 13.1 Å². The van der Waals surface area contributed by atoms with E-state index in [1.807, 2.05) is 36.8 Å². The molecule has 3 rings (SSSR count). The summed E-state index contributed by atoms with van der Waals surface area (Å²) >= 11 is 0. The van der Waals surface area contributed by atoms with E-state index in [1.54, 1.807) is 0 Å². The quantitative estimate of drug-likeness (QED) is 0.938. The van der Waals surface area contributed by atoms with Crippen molar-refractivity contribution in [1.82, 2.24) is 19.8 Å². The Bertz CT molecular complexity index is 672. The van der Waals surface area contributed by atoms with Crippen LogP contribution in [0.1, 0.15) is 30.7 Å². The lowest BCUT2D eigenvalue weighted by Crippen LogP contribution is -2.54. The Morgan fingerprint density at radius 2 is 1.87 bits per heavy atom. The molecule has 2 unspecified atom stereocenters. The molecule has 2 atom stereocenters. The first-order chi connectivity index (χ1) is 11.2. The van der Waals surface area contributed by atoms with Crippen molar-refractivity contribution >= 4 is 0 Å². The molecular formula is C18H23N5. The second-order valence-corrected chi connectivity index (χ2v) is 6.35. The number of rotatable bonds is 4. The van der Waals surface area contributed by atoms with Gasteiger partial charge in [0, 0.05) is 44.5 Å². The number of hydrogen-bond acceptors (Lipinski definition) is 4. The van der Waals surface area contributed by atoms with E-state index in [4.69, 9.17) is 5.26 Å². The summed E-state index contributed by atoms with van der Waals surface area (Å²) in [6.07, 6.45) is 3.86. The average Bonchev–Trinajstić information content (AvgIpc) is 2.99. The standard InChI is InChI=1S/C18H23N5/c1-14-8-20-9-15(2)23(14)12-18-10-21-13-22(18)11-17-5-3-16(7-19)4-6-17/h3-6,10,13-15,20H,8-9,11-12H2,1-2H3. The van der Waals surface area contributed by atoms with Crippen LogP contribution in [0, 0.1) is 11.3 Å². The van der Waals surface area contributed by atoms with E-state index < -0.39 is 0 Å². The number of imidazole rings is 1. The van der Waals surface area contributed by atoms with Gasteiger partial charge >= 0.3 is 0 Å². The molecule has 0 bridgehead atoms. The summed E-state index contributed by atoms with van der Waals surface area (Å²) in [5, 5.41) is 12.4. The summed E-state index contributed by atoms with van der Waals surface area (Å²) in [7, 11) is 0. The Hall–Kier alpha value is -2.16. The summed E-state index contributed by atoms with van der Waals surface area (Å²) < 4.78 is 2.20. The van der Waals surface area contributed by atoms with E-state index in [9.17, 15) is 0 Å². The lowest BCUT2D eigenvalue weighted by Gasteiger charge is -2.39. The molecule has 0 saturated carbocycles. The lowest BCUT2D eigenvalue weighted by molar-refractivity contribution is 0.106. The lowest BCUT2D eigenvalue weighted by atomic mass is 10.1. The second kappa shape index (κ2) is 6.95. The van der Waals surface area contributed by atoms with Gasteiger partial charge in [-0.25, -0.2) is 4.98 Å². The van der Waals surface area contributed by atoms with Crippen LogP contribution in [0.5, 0.6) is 0 Å². The summed E-state index contributed by atoms with van der Waals surface area (Å²) in [6, 6.07) is 11.0. The zero-order valence-electron chi connectivity index (χ0n) is 13.7. The normalized spacial score (nSPS) is 22.0. The molecular weight excluding hydrogens is 286 g/mol. The topological polar surface area (TPSA) is 56.9 Å². The molecule has 2 aromatic rings. The third-order valence-corrected chi connectivity index (χ3v) is 4.59. The monoisotopic (exact) mass is 309 g/mol. The minimum Gasteiger partial charge on any atom is -0.329 e. The molecule has 23 heavy (non-hydrogen) atoms. The predicted molar refractivity (Wildman–Crippen MR) is 89.8 cm³/mol. The Balaban J connectivity index is 1.72. The van der Waals surface area contributed by atoms with Crippen LogP contribution in [0.15, 0.2) is 36.8 Å². The molecule has 120 valence electrons. The van der Waals surface area contributed by atoms with Gasteiger partial charge in [-0.1, -0.05) is 12.1 Å². The molecule has 5 nitrogen and oxygen atoms in total. The van der Waals surface area contributed by atoms with Crippen LogP contribution in [0.4, 0.5) is 0 Å². The molecule has 1 saturated heterocycles. The van der Waals surface area contributed by atoms with Gasteiger partial charge in [0.15, 0.2) is 0 Å². The molecule has 1 aliphatic rings. The van der Waals surface area contributed by atoms with Gasteiger partial charge in [0.2, 0.25) is 0 Å². The van der Waals surface area contributed by atoms with Crippen molar-refractivity contribution in [3.8, 4) is 6.07 Å². The highest BCUT2D eigenvalue weighted by atomic mass is 15.3. The molecule has 1 fully saturated rings. The molecule has 1 N–H and O–H groups in total. The van der Waals surface area contributed by atoms with E-state index in [0.717, 1.165) is 26.2 Å². The minimum atomic E-state index is 0.525. The highest BCUT2D eigenvalue weighted by Crippen LogP contribution is 2.16. The highest BCUT2D eigenvalue weighted by Gasteiger charge is 2.25. The first-order valence-corrected chi connectivity index (χ1v) is 8.12. The van der Waals surface area contributed by atoms with Gasteiger partial charge in [-0.2, -0.15) is 5.26 Å². The summed E-state index contributed by atoms with van der Waals surface area (Å²) in [4.78, 5) is 6.87. The predicted octanol–water partition coefficient (Wildman–Crippen LogP) is 1.99. The van der Waals surface area contributed by atoms with Crippen molar-refractivity contribution in [3.63, 3.8) is 0 Å². The molecule has 1 aliphatic heterocycles. The van der Waals surface area contributed by atoms with Crippen molar-refractivity contribution in [1.29, 1.82) is 5.26 Å². The van der Waals surface area contributed by atoms with Gasteiger partial charge in [-0.3, -0.25) is 4.90 Å². The number of nitrogens with one attached hydrogen (secondary N) is 1. The number of benzene rings is 1. The fourth-order valence-corrected chi connectivity index (χ4v) is 3.17. The van der Waals surface area contributed by atoms with Gasteiger partial charge in [0.25, 0.3) is 0 Å². The first-order valence-electron chi connectivity index (χ1n) is 8.12. The van der Waals surface area contributed by atoms with Gasteiger partial charge in [0.1, 0.15) is 0 Å². The number of hydrogen-bond donors (Lipinski definition) is 1. The smallest absolute Gasteiger partial charge is 0.0991 e. The molecule has 1 aromatic heterocycles. The van der Waals surface area contributed by atoms with Gasteiger partial charge in [-0.05, 0) is 31.5 Å². The molecule has 0 spiro atoms. The van der Waals surface area contributed by atoms with E-state index in [1.165, 1.54) is 11.3 Å². The summed E-state index contributed by atoms with van der Waals surface area (Å²) in [5.41, 5.74) is 3.11. The number of aromatic nitrogens is 2. The van der Waals surface area contributed by atoms with Crippen LogP contribution in [-0.4, -0.2) is 39.6 Å². The van der Waals surface area contributed by atoms with E-state index >= 15 is 0 Å². The molecule has 2 heterocycles. The summed E-state index contributed by atoms with van der Waals surface area (Å²) in [5.74, 6) is 0. The van der Waals surface area contributed by atoms with Crippen LogP contribution in [0.2, 0.25) is 0 Å². The zero-order valence-corrected chi connectivity index (χ0v) is 13.7. The Morgan fingerprint density at radius 3 is 2.52 bits per heavy atom. The van der Waals surface area contributed by atoms with Crippen molar-refractivity contribution in [2.75, 3.05) is 13.1 Å². The minimum absolute atomic E-state index is 0.525. The fourth-order valence-electron chi connectivity index (χ4n) is 3.17. The van der Waals surface area contributed by atoms with Gasteiger partial charge < -0.3 is 9.88 Å². The maximum atomic E-state index is 8.89. The number of piperazine rings is 1. The van der Waals surface area contributed by atoms with E-state index in [0.29, 0.717) is 17.6 Å². The van der Waals surface area contributed by atoms with Crippen LogP contribution < -0.4 is 5.32 Å². The SMILES string of the molecule is CC1CNCC(C)N1Cc1cncn1Cc1ccc(C#N)cc1. The fraction of sp³-hybridized carbons (Fsp3) is 0.444. The van der Waals surface area contributed by atoms with Crippen molar-refractivity contribution in [3.05, 3.63) is 53.6 Å². The van der Waals surface area contributed by atoms with E-state index in [-0.39, 0.29) is 0 Å². The van der Waals surface area contributed by atoms with E-state index in [2.05, 4.69) is 39.7 Å². The second-order valence-electron chi connectivity index (χ2n) is 6.35. The molecule has 1 aromatic carbocycles. The maximum absolute atomic E-state index is 8.89. The van der Waals surface area contributed by atoms with Crippen molar-refractivity contribution in [2.24, 2.45) is 0 Å². The Labute approximate surface area is 137 Å². The van der Waals surface area contributed by atoms with Gasteiger partial charge in [-0.15, -0.1) is 0 Å². The van der Waals surface area contributed by atoms with Crippen molar-refractivity contribution in [2.45, 2.75) is 39.0 Å². The molecule has 0 aliphatic carbocycles. The largest absolute Gasteiger partial charge is 0.329 e. The maximum Gasteiger partial charge on any atom is 0.0991 e. The average molecular weight is 309 g/mol. The Kier molecular flexibility index (Phi) is 4.75. The van der Waals surface area contributed by atoms with Crippen LogP contribution in [0.25, 0.3) is 0 Å². The number of nitrogens with zero attached hydrogens (tertiary/aromatic N) is 4. The third-order valence-electron chi connectivity index (χ3n) is 4.59. The van der Waals surface area contributed by atoms with Crippen molar-refractivity contribution < 1.29 is 0 Å². The third kappa shape index (κ3) is 3.61. The van der Waals surface area contributed by atoms with Crippen LogP contribution >= 0.6 is 0 Å². The molecule has 0 amide bonds. The molecule has 5 heteroatoms. The van der Waals surface area contributed by atoms with Crippen LogP contribution in [0.3, 0.4) is 0 Å². The Morgan fingerprint density at radius 1 is 1.17 bits per heavy atom. The zero-order chi connectivity index (χ0) is 16.2. The number of nitriles is 1. The summed E-state index contributed by atoms with van der Waals surface area (Å²) in [6.45, 7) is 8.31. The van der Waals surface area contributed by atoms with Gasteiger partial charge in [0.05, 0.1) is 23.7 Å². The molecule has 0 radical (unpaired) electrons.